The second-order valence-corrected chi connectivity index (χ2v) is 2.20. The minimum Gasteiger partial charge on any atom is -0.470 e. The van der Waals surface area contributed by atoms with Crippen molar-refractivity contribution < 1.29 is 9.47 Å². The maximum absolute atomic E-state index is 5.35. The maximum atomic E-state index is 5.35. The third kappa shape index (κ3) is 0.974. The van der Waals surface area contributed by atoms with Crippen molar-refractivity contribution in [1.82, 2.24) is 10.2 Å². The van der Waals surface area contributed by atoms with Crippen molar-refractivity contribution in [2.45, 2.75) is 6.10 Å². The van der Waals surface area contributed by atoms with Gasteiger partial charge in [0.2, 0.25) is 5.88 Å². The van der Waals surface area contributed by atoms with Crippen LogP contribution in [0.15, 0.2) is 12.3 Å². The third-order valence-electron chi connectivity index (χ3n) is 1.38. The molecule has 4 heteroatoms. The molecule has 0 spiro atoms. The third-order valence-corrected chi connectivity index (χ3v) is 1.38. The highest BCUT2D eigenvalue weighted by atomic mass is 16.6. The number of H-pyrrole nitrogens is 1. The smallest absolute Gasteiger partial charge is 0.209 e. The number of aromatic nitrogens is 2. The lowest BCUT2D eigenvalue weighted by Gasteiger charge is -2.25. The van der Waals surface area contributed by atoms with Crippen molar-refractivity contribution in [3.8, 4) is 5.88 Å². The molecule has 0 amide bonds. The molecule has 1 aliphatic rings. The van der Waals surface area contributed by atoms with E-state index in [-0.39, 0.29) is 6.10 Å². The van der Waals surface area contributed by atoms with Crippen LogP contribution in [0.3, 0.4) is 0 Å². The van der Waals surface area contributed by atoms with E-state index >= 15 is 0 Å². The van der Waals surface area contributed by atoms with Crippen LogP contribution < -0.4 is 4.74 Å². The molecule has 2 rings (SSSR count). The van der Waals surface area contributed by atoms with E-state index in [0.717, 1.165) is 0 Å². The number of aromatic amines is 1. The van der Waals surface area contributed by atoms with Crippen LogP contribution in [0.5, 0.6) is 5.88 Å². The number of ether oxygens (including phenoxy) is 2. The van der Waals surface area contributed by atoms with Crippen LogP contribution in [0, 0.1) is 0 Å². The number of nitrogens with one attached hydrogen (secondary N) is 1. The lowest BCUT2D eigenvalue weighted by molar-refractivity contribution is -0.0813. The van der Waals surface area contributed by atoms with E-state index in [1.807, 2.05) is 0 Å². The van der Waals surface area contributed by atoms with Gasteiger partial charge in [0.1, 0.15) is 6.10 Å². The molecule has 0 bridgehead atoms. The van der Waals surface area contributed by atoms with Crippen molar-refractivity contribution in [1.29, 1.82) is 0 Å². The molecule has 0 atom stereocenters. The predicted octanol–water partition coefficient (Wildman–Crippen LogP) is 0.187. The van der Waals surface area contributed by atoms with Crippen molar-refractivity contribution in [3.05, 3.63) is 12.3 Å². The van der Waals surface area contributed by atoms with E-state index < -0.39 is 0 Å². The molecule has 0 aliphatic carbocycles. The second-order valence-electron chi connectivity index (χ2n) is 2.20. The molecule has 0 saturated carbocycles. The first-order chi connectivity index (χ1) is 4.95. The van der Waals surface area contributed by atoms with Gasteiger partial charge < -0.3 is 9.47 Å². The average molecular weight is 140 g/mol. The molecule has 4 nitrogen and oxygen atoms in total. The Labute approximate surface area is 58.1 Å². The zero-order chi connectivity index (χ0) is 6.81. The summed E-state index contributed by atoms with van der Waals surface area (Å²) in [5.74, 6) is 0.716. The number of rotatable bonds is 2. The molecule has 0 unspecified atom stereocenters. The van der Waals surface area contributed by atoms with Gasteiger partial charge in [-0.25, -0.2) is 5.10 Å². The van der Waals surface area contributed by atoms with Crippen LogP contribution in [0.25, 0.3) is 0 Å². The fraction of sp³-hybridized carbons (Fsp3) is 0.500. The molecule has 1 N–H and O–H groups in total. The Bertz CT molecular complexity index is 194. The Balaban J connectivity index is 1.90. The van der Waals surface area contributed by atoms with E-state index in [1.54, 1.807) is 12.3 Å². The highest BCUT2D eigenvalue weighted by Crippen LogP contribution is 2.10. The molecule has 54 valence electrons. The Morgan fingerprint density at radius 2 is 2.60 bits per heavy atom. The van der Waals surface area contributed by atoms with Gasteiger partial charge in [-0.15, -0.1) is 0 Å². The number of hydrogen-bond acceptors (Lipinski definition) is 3. The van der Waals surface area contributed by atoms with Gasteiger partial charge >= 0.3 is 0 Å². The van der Waals surface area contributed by atoms with E-state index in [4.69, 9.17) is 9.47 Å². The molecule has 0 aromatic carbocycles. The summed E-state index contributed by atoms with van der Waals surface area (Å²) in [7, 11) is 0. The Hall–Kier alpha value is -1.03. The maximum Gasteiger partial charge on any atom is 0.209 e. The fourth-order valence-electron chi connectivity index (χ4n) is 0.770. The fourth-order valence-corrected chi connectivity index (χ4v) is 0.770. The van der Waals surface area contributed by atoms with Crippen molar-refractivity contribution in [3.63, 3.8) is 0 Å². The molecule has 0 radical (unpaired) electrons. The summed E-state index contributed by atoms with van der Waals surface area (Å²) >= 11 is 0. The lowest BCUT2D eigenvalue weighted by atomic mass is 10.3. The van der Waals surface area contributed by atoms with Crippen LogP contribution in [0.4, 0.5) is 0 Å². The second kappa shape index (κ2) is 2.30. The Morgan fingerprint density at radius 3 is 3.10 bits per heavy atom. The zero-order valence-corrected chi connectivity index (χ0v) is 5.41. The largest absolute Gasteiger partial charge is 0.470 e. The van der Waals surface area contributed by atoms with E-state index in [1.165, 1.54) is 0 Å². The van der Waals surface area contributed by atoms with Crippen LogP contribution in [0.1, 0.15) is 0 Å². The summed E-state index contributed by atoms with van der Waals surface area (Å²) in [5.41, 5.74) is 0. The molecule has 1 aromatic heterocycles. The molecule has 1 saturated heterocycles. The summed E-state index contributed by atoms with van der Waals surface area (Å²) in [5, 5.41) is 6.45. The SMILES string of the molecule is c1cc(OC2COC2)[nH]n1. The van der Waals surface area contributed by atoms with Crippen LogP contribution >= 0.6 is 0 Å². The summed E-state index contributed by atoms with van der Waals surface area (Å²) in [6, 6.07) is 1.79. The van der Waals surface area contributed by atoms with Crippen molar-refractivity contribution in [2.24, 2.45) is 0 Å². The monoisotopic (exact) mass is 140 g/mol. The van der Waals surface area contributed by atoms with Gasteiger partial charge in [-0.05, 0) is 0 Å². The van der Waals surface area contributed by atoms with Gasteiger partial charge in [0, 0.05) is 6.07 Å². The topological polar surface area (TPSA) is 47.1 Å². The predicted molar refractivity (Wildman–Crippen MR) is 33.8 cm³/mol. The molecule has 2 heterocycles. The lowest BCUT2D eigenvalue weighted by Crippen LogP contribution is -2.38. The minimum atomic E-state index is 0.223. The van der Waals surface area contributed by atoms with E-state index in [9.17, 15) is 0 Å². The minimum absolute atomic E-state index is 0.223. The Kier molecular flexibility index (Phi) is 1.32. The summed E-state index contributed by atoms with van der Waals surface area (Å²) < 4.78 is 10.3. The number of hydrogen-bond donors (Lipinski definition) is 1. The van der Waals surface area contributed by atoms with Gasteiger partial charge in [-0.1, -0.05) is 0 Å². The van der Waals surface area contributed by atoms with Crippen molar-refractivity contribution in [2.75, 3.05) is 13.2 Å². The molecule has 1 aliphatic heterocycles. The number of nitrogens with zero attached hydrogens (tertiary/aromatic N) is 1. The van der Waals surface area contributed by atoms with Gasteiger partial charge in [0.05, 0.1) is 19.4 Å². The molecule has 1 fully saturated rings. The first-order valence-electron chi connectivity index (χ1n) is 3.19. The highest BCUT2D eigenvalue weighted by Gasteiger charge is 2.20. The van der Waals surface area contributed by atoms with Crippen molar-refractivity contribution >= 4 is 0 Å². The van der Waals surface area contributed by atoms with E-state index in [0.29, 0.717) is 19.1 Å². The Morgan fingerprint density at radius 1 is 1.70 bits per heavy atom. The molecular formula is C6H8N2O2. The quantitative estimate of drug-likeness (QED) is 0.637. The van der Waals surface area contributed by atoms with Crippen LogP contribution in [-0.2, 0) is 4.74 Å². The van der Waals surface area contributed by atoms with Crippen LogP contribution in [-0.4, -0.2) is 29.5 Å². The molecular weight excluding hydrogens is 132 g/mol. The average Bonchev–Trinajstić information content (AvgIpc) is 2.29. The highest BCUT2D eigenvalue weighted by molar-refractivity contribution is 5.05. The van der Waals surface area contributed by atoms with Crippen LogP contribution in [0.2, 0.25) is 0 Å². The van der Waals surface area contributed by atoms with Gasteiger partial charge in [0.25, 0.3) is 0 Å². The summed E-state index contributed by atoms with van der Waals surface area (Å²) in [4.78, 5) is 0. The van der Waals surface area contributed by atoms with Gasteiger partial charge in [-0.3, -0.25) is 0 Å². The standard InChI is InChI=1S/C6H8N2O2/c1-2-7-8-6(1)10-5-3-9-4-5/h1-2,5H,3-4H2,(H,7,8). The first kappa shape index (κ1) is 5.73. The van der Waals surface area contributed by atoms with Gasteiger partial charge in [-0.2, -0.15) is 5.10 Å². The zero-order valence-electron chi connectivity index (χ0n) is 5.41. The first-order valence-corrected chi connectivity index (χ1v) is 3.19. The summed E-state index contributed by atoms with van der Waals surface area (Å²) in [6.45, 7) is 1.39. The van der Waals surface area contributed by atoms with E-state index in [2.05, 4.69) is 10.2 Å². The summed E-state index contributed by atoms with van der Waals surface area (Å²) in [6.07, 6.45) is 1.88. The molecule has 1 aromatic rings. The molecule has 10 heavy (non-hydrogen) atoms. The van der Waals surface area contributed by atoms with Gasteiger partial charge in [0.15, 0.2) is 0 Å². The normalized spacial score (nSPS) is 18.4.